The number of amides is 1. The maximum atomic E-state index is 11.8. The minimum Gasteiger partial charge on any atom is -0.480 e. The van der Waals surface area contributed by atoms with Crippen molar-refractivity contribution in [2.45, 2.75) is 18.1 Å². The molecule has 9 heteroatoms. The highest BCUT2D eigenvalue weighted by Crippen LogP contribution is 2.14. The summed E-state index contributed by atoms with van der Waals surface area (Å²) in [7, 11) is -3.56. The van der Waals surface area contributed by atoms with E-state index in [9.17, 15) is 18.0 Å². The normalized spacial score (nSPS) is 17.3. The lowest BCUT2D eigenvalue weighted by atomic mass is 10.2. The van der Waals surface area contributed by atoms with Gasteiger partial charge >= 0.3 is 5.97 Å². The van der Waals surface area contributed by atoms with Crippen LogP contribution in [0.1, 0.15) is 12.8 Å². The van der Waals surface area contributed by atoms with Gasteiger partial charge < -0.3 is 15.2 Å². The van der Waals surface area contributed by atoms with Gasteiger partial charge in [-0.2, -0.15) is 0 Å². The van der Waals surface area contributed by atoms with Gasteiger partial charge in [0.05, 0.1) is 11.8 Å². The Hall–Kier alpha value is -1.19. The molecule has 1 amide bonds. The second kappa shape index (κ2) is 6.66. The summed E-state index contributed by atoms with van der Waals surface area (Å²) in [6, 6.07) is 0. The zero-order valence-electron chi connectivity index (χ0n) is 9.72. The van der Waals surface area contributed by atoms with Crippen molar-refractivity contribution in [3.8, 4) is 0 Å². The molecule has 0 aromatic heterocycles. The minimum absolute atomic E-state index is 0.386. The van der Waals surface area contributed by atoms with Gasteiger partial charge in [0, 0.05) is 13.2 Å². The summed E-state index contributed by atoms with van der Waals surface area (Å²) in [6.07, 6.45) is 0.790. The zero-order chi connectivity index (χ0) is 13.6. The van der Waals surface area contributed by atoms with Crippen molar-refractivity contribution in [3.05, 3.63) is 0 Å². The number of rotatable bonds is 6. The Balaban J connectivity index is 2.36. The van der Waals surface area contributed by atoms with Crippen LogP contribution < -0.4 is 10.0 Å². The molecular weight excluding hydrogens is 264 g/mol. The second-order valence-corrected chi connectivity index (χ2v) is 5.89. The van der Waals surface area contributed by atoms with Crippen molar-refractivity contribution in [2.75, 3.05) is 26.3 Å². The first-order chi connectivity index (χ1) is 8.42. The lowest BCUT2D eigenvalue weighted by molar-refractivity contribution is -0.137. The number of sulfonamides is 1. The SMILES string of the molecule is O=C(O)CNC(=O)CNS(=O)(=O)C1CCOCC1. The number of hydrogen-bond donors (Lipinski definition) is 3. The van der Waals surface area contributed by atoms with Gasteiger partial charge in [-0.25, -0.2) is 13.1 Å². The van der Waals surface area contributed by atoms with E-state index in [1.165, 1.54) is 0 Å². The van der Waals surface area contributed by atoms with Crippen LogP contribution in [-0.2, 0) is 24.3 Å². The van der Waals surface area contributed by atoms with Crippen molar-refractivity contribution in [1.29, 1.82) is 0 Å². The van der Waals surface area contributed by atoms with E-state index in [4.69, 9.17) is 9.84 Å². The Bertz CT molecular complexity index is 401. The molecule has 1 aliphatic heterocycles. The molecule has 8 nitrogen and oxygen atoms in total. The van der Waals surface area contributed by atoms with E-state index in [0.717, 1.165) is 0 Å². The maximum Gasteiger partial charge on any atom is 0.322 e. The average Bonchev–Trinajstić information content (AvgIpc) is 2.35. The Labute approximate surface area is 105 Å². The number of ether oxygens (including phenoxy) is 1. The second-order valence-electron chi connectivity index (χ2n) is 3.85. The largest absolute Gasteiger partial charge is 0.480 e. The van der Waals surface area contributed by atoms with Gasteiger partial charge in [0.15, 0.2) is 0 Å². The molecule has 1 rings (SSSR count). The molecule has 0 aromatic rings. The zero-order valence-corrected chi connectivity index (χ0v) is 10.5. The molecule has 0 bridgehead atoms. The highest BCUT2D eigenvalue weighted by molar-refractivity contribution is 7.90. The van der Waals surface area contributed by atoms with Gasteiger partial charge in [-0.1, -0.05) is 0 Å². The third-order valence-corrected chi connectivity index (χ3v) is 4.37. The summed E-state index contributed by atoms with van der Waals surface area (Å²) in [5.41, 5.74) is 0. The van der Waals surface area contributed by atoms with Gasteiger partial charge in [-0.05, 0) is 12.8 Å². The molecule has 1 aliphatic rings. The predicted octanol–water partition coefficient (Wildman–Crippen LogP) is -1.71. The lowest BCUT2D eigenvalue weighted by Gasteiger charge is -2.22. The minimum atomic E-state index is -3.56. The molecule has 0 atom stereocenters. The smallest absolute Gasteiger partial charge is 0.322 e. The first-order valence-electron chi connectivity index (χ1n) is 5.46. The topological polar surface area (TPSA) is 122 Å². The molecule has 104 valence electrons. The van der Waals surface area contributed by atoms with E-state index in [0.29, 0.717) is 26.1 Å². The van der Waals surface area contributed by atoms with Gasteiger partial charge in [0.2, 0.25) is 15.9 Å². The van der Waals surface area contributed by atoms with Gasteiger partial charge in [-0.3, -0.25) is 9.59 Å². The van der Waals surface area contributed by atoms with Crippen LogP contribution in [0.15, 0.2) is 0 Å². The Morgan fingerprint density at radius 1 is 1.22 bits per heavy atom. The number of carboxylic acids is 1. The fourth-order valence-electron chi connectivity index (χ4n) is 1.51. The highest BCUT2D eigenvalue weighted by Gasteiger charge is 2.27. The summed E-state index contributed by atoms with van der Waals surface area (Å²) in [6.45, 7) is -0.210. The van der Waals surface area contributed by atoms with E-state index in [1.807, 2.05) is 0 Å². The standard InChI is InChI=1S/C9H16N2O6S/c12-8(10-6-9(13)14)5-11-18(15,16)7-1-3-17-4-2-7/h7,11H,1-6H2,(H,10,12)(H,13,14). The van der Waals surface area contributed by atoms with E-state index in [1.54, 1.807) is 0 Å². The average molecular weight is 280 g/mol. The quantitative estimate of drug-likeness (QED) is 0.532. The number of carbonyl (C=O) groups excluding carboxylic acids is 1. The van der Waals surface area contributed by atoms with Crippen LogP contribution in [0.2, 0.25) is 0 Å². The van der Waals surface area contributed by atoms with Crippen molar-refractivity contribution >= 4 is 21.9 Å². The van der Waals surface area contributed by atoms with Gasteiger partial charge in [-0.15, -0.1) is 0 Å². The van der Waals surface area contributed by atoms with Crippen molar-refractivity contribution < 1.29 is 27.9 Å². The summed E-state index contributed by atoms with van der Waals surface area (Å²) in [5, 5.41) is 9.84. The van der Waals surface area contributed by atoms with Gasteiger partial charge in [0.25, 0.3) is 0 Å². The molecule has 3 N–H and O–H groups in total. The number of carbonyl (C=O) groups is 2. The van der Waals surface area contributed by atoms with Crippen LogP contribution in [0.3, 0.4) is 0 Å². The van der Waals surface area contributed by atoms with E-state index >= 15 is 0 Å². The Morgan fingerprint density at radius 2 is 1.83 bits per heavy atom. The summed E-state index contributed by atoms with van der Waals surface area (Å²) < 4.78 is 30.7. The van der Waals surface area contributed by atoms with Crippen LogP contribution in [-0.4, -0.2) is 57.0 Å². The third kappa shape index (κ3) is 4.98. The van der Waals surface area contributed by atoms with Crippen LogP contribution in [0, 0.1) is 0 Å². The molecule has 0 spiro atoms. The monoisotopic (exact) mass is 280 g/mol. The first-order valence-corrected chi connectivity index (χ1v) is 7.01. The lowest BCUT2D eigenvalue weighted by Crippen LogP contribution is -2.43. The summed E-state index contributed by atoms with van der Waals surface area (Å²) in [4.78, 5) is 21.3. The van der Waals surface area contributed by atoms with Crippen LogP contribution in [0.25, 0.3) is 0 Å². The summed E-state index contributed by atoms with van der Waals surface area (Å²) >= 11 is 0. The van der Waals surface area contributed by atoms with Crippen molar-refractivity contribution in [3.63, 3.8) is 0 Å². The fraction of sp³-hybridized carbons (Fsp3) is 0.778. The molecule has 0 aliphatic carbocycles. The first kappa shape index (κ1) is 14.9. The van der Waals surface area contributed by atoms with E-state index < -0.39 is 40.2 Å². The van der Waals surface area contributed by atoms with Gasteiger partial charge in [0.1, 0.15) is 6.54 Å². The van der Waals surface area contributed by atoms with Crippen LogP contribution in [0.5, 0.6) is 0 Å². The Morgan fingerprint density at radius 3 is 2.39 bits per heavy atom. The highest BCUT2D eigenvalue weighted by atomic mass is 32.2. The van der Waals surface area contributed by atoms with E-state index in [-0.39, 0.29) is 0 Å². The third-order valence-electron chi connectivity index (χ3n) is 2.48. The van der Waals surface area contributed by atoms with E-state index in [2.05, 4.69) is 10.0 Å². The fourth-order valence-corrected chi connectivity index (χ4v) is 2.89. The predicted molar refractivity (Wildman–Crippen MR) is 61.4 cm³/mol. The molecule has 0 radical (unpaired) electrons. The van der Waals surface area contributed by atoms with Crippen LogP contribution >= 0.6 is 0 Å². The number of carboxylic acid groups (broad SMARTS) is 1. The van der Waals surface area contributed by atoms with Crippen molar-refractivity contribution in [1.82, 2.24) is 10.0 Å². The number of aliphatic carboxylic acids is 1. The Kier molecular flexibility index (Phi) is 5.51. The van der Waals surface area contributed by atoms with Crippen molar-refractivity contribution in [2.24, 2.45) is 0 Å². The molecule has 18 heavy (non-hydrogen) atoms. The summed E-state index contributed by atoms with van der Waals surface area (Å²) in [5.74, 6) is -1.86. The molecule has 0 saturated carbocycles. The maximum absolute atomic E-state index is 11.8. The molecule has 1 saturated heterocycles. The molecule has 0 aromatic carbocycles. The number of nitrogens with one attached hydrogen (secondary N) is 2. The number of hydrogen-bond acceptors (Lipinski definition) is 5. The van der Waals surface area contributed by atoms with Crippen LogP contribution in [0.4, 0.5) is 0 Å². The molecule has 0 unspecified atom stereocenters. The molecule has 1 heterocycles. The molecule has 1 fully saturated rings. The molecular formula is C9H16N2O6S.